The van der Waals surface area contributed by atoms with Crippen LogP contribution in [0.2, 0.25) is 5.02 Å². The minimum absolute atomic E-state index is 0.0508. The first-order valence-corrected chi connectivity index (χ1v) is 11.6. The summed E-state index contributed by atoms with van der Waals surface area (Å²) >= 11 is 18.6. The second-order valence-electron chi connectivity index (χ2n) is 8.17. The largest absolute Gasteiger partial charge is 0.394 e. The average molecular weight is 579 g/mol. The van der Waals surface area contributed by atoms with Crippen LogP contribution in [0.5, 0.6) is 0 Å². The van der Waals surface area contributed by atoms with Crippen LogP contribution >= 0.6 is 34.8 Å². The Morgan fingerprint density at radius 2 is 1.62 bits per heavy atom. The zero-order chi connectivity index (χ0) is 27.2. The summed E-state index contributed by atoms with van der Waals surface area (Å²) in [6.07, 6.45) is -3.08. The van der Waals surface area contributed by atoms with Crippen LogP contribution in [-0.4, -0.2) is 16.1 Å². The second-order valence-corrected chi connectivity index (χ2v) is 10.0. The summed E-state index contributed by atoms with van der Waals surface area (Å²) in [6.45, 7) is 0. The van der Waals surface area contributed by atoms with Gasteiger partial charge in [-0.05, 0) is 48.0 Å². The van der Waals surface area contributed by atoms with Gasteiger partial charge in [0.25, 0.3) is 12.3 Å². The van der Waals surface area contributed by atoms with Gasteiger partial charge in [-0.3, -0.25) is 9.59 Å². The van der Waals surface area contributed by atoms with E-state index in [2.05, 4.69) is 10.6 Å². The highest BCUT2D eigenvalue weighted by Crippen LogP contribution is 2.65. The molecule has 3 aromatic carbocycles. The van der Waals surface area contributed by atoms with Crippen molar-refractivity contribution < 1.29 is 31.5 Å². The lowest BCUT2D eigenvalue weighted by Gasteiger charge is -2.11. The summed E-state index contributed by atoms with van der Waals surface area (Å²) in [6, 6.07) is 8.64. The van der Waals surface area contributed by atoms with Crippen molar-refractivity contribution in [3.63, 3.8) is 0 Å². The van der Waals surface area contributed by atoms with Crippen molar-refractivity contribution in [2.45, 2.75) is 16.7 Å². The number of rotatable bonds is 6. The molecular formula is C24H15Cl3F5N3O2. The molecule has 0 aromatic heterocycles. The molecule has 37 heavy (non-hydrogen) atoms. The molecule has 1 aliphatic rings. The molecule has 1 aliphatic carbocycles. The Kier molecular flexibility index (Phi) is 7.29. The second kappa shape index (κ2) is 10.00. The fourth-order valence-electron chi connectivity index (χ4n) is 3.84. The van der Waals surface area contributed by atoms with Crippen LogP contribution in [0, 0.1) is 23.4 Å². The Hall–Kier alpha value is -3.08. The van der Waals surface area contributed by atoms with Crippen LogP contribution in [0.3, 0.4) is 0 Å². The molecule has 3 aromatic rings. The fraction of sp³-hybridized carbons (Fsp3) is 0.167. The Balaban J connectivity index is 1.52. The number of nitrogens with one attached hydrogen (secondary N) is 2. The van der Waals surface area contributed by atoms with Gasteiger partial charge in [0.1, 0.15) is 21.7 Å². The van der Waals surface area contributed by atoms with E-state index in [1.807, 2.05) is 0 Å². The van der Waals surface area contributed by atoms with E-state index in [0.717, 1.165) is 24.3 Å². The highest BCUT2D eigenvalue weighted by atomic mass is 35.5. The van der Waals surface area contributed by atoms with Gasteiger partial charge in [-0.15, -0.1) is 23.2 Å². The maximum Gasteiger partial charge on any atom is 0.266 e. The lowest BCUT2D eigenvalue weighted by Crippen LogP contribution is -2.18. The third-order valence-electron chi connectivity index (χ3n) is 5.80. The minimum Gasteiger partial charge on any atom is -0.394 e. The van der Waals surface area contributed by atoms with Gasteiger partial charge >= 0.3 is 0 Å². The van der Waals surface area contributed by atoms with E-state index in [1.54, 1.807) is 0 Å². The number of hydrogen-bond donors (Lipinski definition) is 3. The quantitative estimate of drug-likeness (QED) is 0.166. The molecule has 2 atom stereocenters. The minimum atomic E-state index is -3.08. The van der Waals surface area contributed by atoms with Crippen molar-refractivity contribution >= 4 is 63.7 Å². The predicted octanol–water partition coefficient (Wildman–Crippen LogP) is 7.06. The Morgan fingerprint density at radius 3 is 2.30 bits per heavy atom. The summed E-state index contributed by atoms with van der Waals surface area (Å²) in [7, 11) is 0. The molecule has 194 valence electrons. The number of nitrogen functional groups attached to an aromatic ring is 1. The van der Waals surface area contributed by atoms with Crippen molar-refractivity contribution in [2.24, 2.45) is 5.92 Å². The van der Waals surface area contributed by atoms with Crippen LogP contribution in [0.25, 0.3) is 0 Å². The Morgan fingerprint density at radius 1 is 0.946 bits per heavy atom. The van der Waals surface area contributed by atoms with Crippen LogP contribution in [0.1, 0.15) is 33.8 Å². The summed E-state index contributed by atoms with van der Waals surface area (Å²) < 4.78 is 65.7. The molecular weight excluding hydrogens is 564 g/mol. The monoisotopic (exact) mass is 577 g/mol. The maximum absolute atomic E-state index is 14.2. The highest BCUT2D eigenvalue weighted by Gasteiger charge is 2.67. The van der Waals surface area contributed by atoms with Gasteiger partial charge in [0, 0.05) is 11.6 Å². The normalized spacial score (nSPS) is 18.0. The average Bonchev–Trinajstić information content (AvgIpc) is 3.42. The van der Waals surface area contributed by atoms with E-state index in [4.69, 9.17) is 40.5 Å². The molecule has 0 radical (unpaired) electrons. The molecule has 0 saturated heterocycles. The first-order chi connectivity index (χ1) is 17.3. The molecule has 2 unspecified atom stereocenters. The fourth-order valence-corrected chi connectivity index (χ4v) is 4.87. The molecule has 0 aliphatic heterocycles. The van der Waals surface area contributed by atoms with Crippen molar-refractivity contribution in [1.29, 1.82) is 0 Å². The topological polar surface area (TPSA) is 84.2 Å². The van der Waals surface area contributed by atoms with Gasteiger partial charge in [-0.25, -0.2) is 22.0 Å². The molecule has 0 heterocycles. The molecule has 1 fully saturated rings. The van der Waals surface area contributed by atoms with Crippen molar-refractivity contribution in [3.05, 3.63) is 87.7 Å². The summed E-state index contributed by atoms with van der Waals surface area (Å²) in [5.74, 6) is -6.87. The molecule has 13 heteroatoms. The van der Waals surface area contributed by atoms with Crippen LogP contribution < -0.4 is 16.4 Å². The molecule has 5 nitrogen and oxygen atoms in total. The van der Waals surface area contributed by atoms with Gasteiger partial charge in [0.15, 0.2) is 5.82 Å². The number of carbonyl (C=O) groups excluding carboxylic acids is 2. The smallest absolute Gasteiger partial charge is 0.266 e. The Bertz CT molecular complexity index is 1420. The molecule has 4 N–H and O–H groups in total. The number of nitrogens with two attached hydrogens (primary N) is 1. The van der Waals surface area contributed by atoms with Gasteiger partial charge in [-0.1, -0.05) is 17.7 Å². The van der Waals surface area contributed by atoms with Crippen molar-refractivity contribution in [1.82, 2.24) is 0 Å². The molecule has 2 amide bonds. The first kappa shape index (κ1) is 27.0. The SMILES string of the molecule is Nc1c(F)ccc(NC(=O)c2cc(NC(=O)C3C(c4ccc(F)c(C(F)F)c4)C3(Cl)Cl)ccc2Cl)c1F. The van der Waals surface area contributed by atoms with Gasteiger partial charge in [0.2, 0.25) is 5.91 Å². The van der Waals surface area contributed by atoms with Crippen molar-refractivity contribution in [2.75, 3.05) is 16.4 Å². The van der Waals surface area contributed by atoms with Gasteiger partial charge < -0.3 is 16.4 Å². The lowest BCUT2D eigenvalue weighted by atomic mass is 10.0. The van der Waals surface area contributed by atoms with Crippen LogP contribution in [0.4, 0.5) is 39.0 Å². The highest BCUT2D eigenvalue weighted by molar-refractivity contribution is 6.53. The molecule has 4 rings (SSSR count). The van der Waals surface area contributed by atoms with Gasteiger partial charge in [-0.2, -0.15) is 0 Å². The zero-order valence-electron chi connectivity index (χ0n) is 18.3. The van der Waals surface area contributed by atoms with E-state index in [0.29, 0.717) is 0 Å². The number of benzene rings is 3. The number of carbonyl (C=O) groups is 2. The Labute approximate surface area is 221 Å². The number of alkyl halides is 4. The van der Waals surface area contributed by atoms with Crippen LogP contribution in [0.15, 0.2) is 48.5 Å². The number of amides is 2. The lowest BCUT2D eigenvalue weighted by molar-refractivity contribution is -0.117. The van der Waals surface area contributed by atoms with E-state index in [1.165, 1.54) is 24.3 Å². The van der Waals surface area contributed by atoms with E-state index < -0.39 is 68.8 Å². The third-order valence-corrected chi connectivity index (χ3v) is 7.07. The standard InChI is InChI=1S/C24H15Cl3F5N3O2/c25-13-3-2-10(8-11(13)22(36)35-16-6-5-15(29)20(33)19(16)30)34-23(37)18-17(24(18,26)27)9-1-4-14(28)12(7-9)21(31)32/h1-8,17-18,21H,33H2,(H,34,37)(H,35,36). The molecule has 1 saturated carbocycles. The van der Waals surface area contributed by atoms with E-state index >= 15 is 0 Å². The van der Waals surface area contributed by atoms with Crippen molar-refractivity contribution in [3.8, 4) is 0 Å². The molecule has 0 spiro atoms. The van der Waals surface area contributed by atoms with E-state index in [9.17, 15) is 31.5 Å². The molecule has 0 bridgehead atoms. The maximum atomic E-state index is 14.2. The number of halogens is 8. The van der Waals surface area contributed by atoms with Crippen LogP contribution in [-0.2, 0) is 4.79 Å². The predicted molar refractivity (Wildman–Crippen MR) is 131 cm³/mol. The van der Waals surface area contributed by atoms with Gasteiger partial charge in [0.05, 0.1) is 27.8 Å². The zero-order valence-corrected chi connectivity index (χ0v) is 20.5. The number of anilines is 3. The number of hydrogen-bond acceptors (Lipinski definition) is 3. The third kappa shape index (κ3) is 5.18. The summed E-state index contributed by atoms with van der Waals surface area (Å²) in [5.41, 5.74) is 3.34. The summed E-state index contributed by atoms with van der Waals surface area (Å²) in [4.78, 5) is 25.6. The summed E-state index contributed by atoms with van der Waals surface area (Å²) in [5, 5.41) is 4.68. The first-order valence-electron chi connectivity index (χ1n) is 10.4. The van der Waals surface area contributed by atoms with E-state index in [-0.39, 0.29) is 21.8 Å².